The highest BCUT2D eigenvalue weighted by molar-refractivity contribution is 5.75. The van der Waals surface area contributed by atoms with Gasteiger partial charge in [-0.3, -0.25) is 9.59 Å². The van der Waals surface area contributed by atoms with Gasteiger partial charge in [-0.2, -0.15) is 0 Å². The maximum absolute atomic E-state index is 11.6. The zero-order valence-corrected chi connectivity index (χ0v) is 12.0. The summed E-state index contributed by atoms with van der Waals surface area (Å²) in [5.41, 5.74) is 1.31. The molecule has 0 fully saturated rings. The third-order valence-electron chi connectivity index (χ3n) is 2.83. The predicted molar refractivity (Wildman–Crippen MR) is 81.2 cm³/mol. The third-order valence-corrected chi connectivity index (χ3v) is 2.83. The van der Waals surface area contributed by atoms with Crippen molar-refractivity contribution in [2.75, 3.05) is 6.54 Å². The molecule has 0 aliphatic rings. The van der Waals surface area contributed by atoms with Gasteiger partial charge in [0.05, 0.1) is 0 Å². The van der Waals surface area contributed by atoms with E-state index in [4.69, 9.17) is 0 Å². The van der Waals surface area contributed by atoms with Gasteiger partial charge in [-0.05, 0) is 24.6 Å². The molecule has 4 nitrogen and oxygen atoms in total. The molecule has 1 aromatic rings. The van der Waals surface area contributed by atoms with Crippen molar-refractivity contribution in [2.45, 2.75) is 20.4 Å². The summed E-state index contributed by atoms with van der Waals surface area (Å²) < 4.78 is 1.57. The van der Waals surface area contributed by atoms with Crippen LogP contribution >= 0.6 is 0 Å². The number of amides is 1. The van der Waals surface area contributed by atoms with E-state index in [2.05, 4.69) is 13.2 Å². The van der Waals surface area contributed by atoms with Gasteiger partial charge in [-0.25, -0.2) is 0 Å². The first-order chi connectivity index (χ1) is 9.45. The molecule has 0 atom stereocenters. The molecule has 1 amide bonds. The van der Waals surface area contributed by atoms with E-state index in [-0.39, 0.29) is 11.5 Å². The minimum absolute atomic E-state index is 0.0490. The van der Waals surface area contributed by atoms with E-state index < -0.39 is 0 Å². The Labute approximate surface area is 119 Å². The fourth-order valence-electron chi connectivity index (χ4n) is 1.79. The molecule has 0 N–H and O–H groups in total. The molecule has 0 saturated carbocycles. The number of aromatic nitrogens is 1. The second kappa shape index (κ2) is 7.28. The first-order valence-corrected chi connectivity index (χ1v) is 6.44. The number of rotatable bonds is 6. The SMILES string of the molecule is C=C(C=CC(=C)N(CC)C(C)=O)Cn1ccccc1=O. The summed E-state index contributed by atoms with van der Waals surface area (Å²) in [5.74, 6) is -0.0490. The van der Waals surface area contributed by atoms with Crippen LogP contribution in [-0.2, 0) is 11.3 Å². The molecule has 0 bridgehead atoms. The van der Waals surface area contributed by atoms with Crippen molar-refractivity contribution in [1.82, 2.24) is 9.47 Å². The Bertz CT molecular complexity index is 596. The highest BCUT2D eigenvalue weighted by Crippen LogP contribution is 2.06. The Balaban J connectivity index is 2.69. The van der Waals surface area contributed by atoms with E-state index in [0.717, 1.165) is 5.57 Å². The number of allylic oxidation sites excluding steroid dienone is 3. The quantitative estimate of drug-likeness (QED) is 0.746. The number of hydrogen-bond donors (Lipinski definition) is 0. The smallest absolute Gasteiger partial charge is 0.250 e. The molecule has 1 heterocycles. The zero-order chi connectivity index (χ0) is 15.1. The van der Waals surface area contributed by atoms with Crippen LogP contribution in [0.4, 0.5) is 0 Å². The molecule has 0 radical (unpaired) electrons. The second-order valence-corrected chi connectivity index (χ2v) is 4.41. The van der Waals surface area contributed by atoms with Gasteiger partial charge in [0, 0.05) is 38.0 Å². The van der Waals surface area contributed by atoms with Crippen LogP contribution in [0.15, 0.2) is 65.8 Å². The number of hydrogen-bond acceptors (Lipinski definition) is 2. The van der Waals surface area contributed by atoms with Gasteiger partial charge < -0.3 is 9.47 Å². The Morgan fingerprint density at radius 1 is 1.35 bits per heavy atom. The lowest BCUT2D eigenvalue weighted by Gasteiger charge is -2.18. The minimum atomic E-state index is -0.0696. The van der Waals surface area contributed by atoms with Crippen molar-refractivity contribution in [3.05, 3.63) is 71.3 Å². The van der Waals surface area contributed by atoms with Gasteiger partial charge in [0.15, 0.2) is 0 Å². The van der Waals surface area contributed by atoms with Gasteiger partial charge in [0.1, 0.15) is 0 Å². The first kappa shape index (κ1) is 15.7. The largest absolute Gasteiger partial charge is 0.314 e. The van der Waals surface area contributed by atoms with Gasteiger partial charge in [-0.15, -0.1) is 0 Å². The van der Waals surface area contributed by atoms with Crippen molar-refractivity contribution in [1.29, 1.82) is 0 Å². The van der Waals surface area contributed by atoms with Gasteiger partial charge >= 0.3 is 0 Å². The fourth-order valence-corrected chi connectivity index (χ4v) is 1.79. The molecular weight excluding hydrogens is 252 g/mol. The first-order valence-electron chi connectivity index (χ1n) is 6.44. The molecular formula is C16H20N2O2. The normalized spacial score (nSPS) is 10.5. The van der Waals surface area contributed by atoms with E-state index in [1.54, 1.807) is 39.9 Å². The fraction of sp³-hybridized carbons (Fsp3) is 0.250. The average molecular weight is 272 g/mol. The van der Waals surface area contributed by atoms with E-state index in [1.165, 1.54) is 13.0 Å². The van der Waals surface area contributed by atoms with Crippen molar-refractivity contribution in [3.63, 3.8) is 0 Å². The maximum Gasteiger partial charge on any atom is 0.250 e. The van der Waals surface area contributed by atoms with E-state index in [0.29, 0.717) is 18.8 Å². The lowest BCUT2D eigenvalue weighted by molar-refractivity contribution is -0.126. The van der Waals surface area contributed by atoms with E-state index >= 15 is 0 Å². The third kappa shape index (κ3) is 4.39. The number of nitrogens with zero attached hydrogens (tertiary/aromatic N) is 2. The summed E-state index contributed by atoms with van der Waals surface area (Å²) >= 11 is 0. The minimum Gasteiger partial charge on any atom is -0.314 e. The maximum atomic E-state index is 11.6. The highest BCUT2D eigenvalue weighted by Gasteiger charge is 2.07. The molecule has 1 rings (SSSR count). The Morgan fingerprint density at radius 2 is 2.05 bits per heavy atom. The van der Waals surface area contributed by atoms with Gasteiger partial charge in [0.2, 0.25) is 5.91 Å². The summed E-state index contributed by atoms with van der Waals surface area (Å²) in [6, 6.07) is 5.00. The molecule has 1 aromatic heterocycles. The summed E-state index contributed by atoms with van der Waals surface area (Å²) in [4.78, 5) is 24.5. The Hall–Kier alpha value is -2.36. The molecule has 0 saturated heterocycles. The number of pyridine rings is 1. The van der Waals surface area contributed by atoms with Crippen molar-refractivity contribution >= 4 is 5.91 Å². The summed E-state index contributed by atoms with van der Waals surface area (Å²) in [7, 11) is 0. The van der Waals surface area contributed by atoms with Crippen LogP contribution in [0.3, 0.4) is 0 Å². The predicted octanol–water partition coefficient (Wildman–Crippen LogP) is 2.34. The molecule has 0 unspecified atom stereocenters. The van der Waals surface area contributed by atoms with Gasteiger partial charge in [-0.1, -0.05) is 25.3 Å². The summed E-state index contributed by atoms with van der Waals surface area (Å²) in [5, 5.41) is 0. The molecule has 4 heteroatoms. The van der Waals surface area contributed by atoms with Crippen LogP contribution in [0, 0.1) is 0 Å². The van der Waals surface area contributed by atoms with Crippen LogP contribution in [0.1, 0.15) is 13.8 Å². The molecule has 20 heavy (non-hydrogen) atoms. The van der Waals surface area contributed by atoms with Crippen LogP contribution in [0.5, 0.6) is 0 Å². The van der Waals surface area contributed by atoms with Crippen LogP contribution < -0.4 is 5.56 Å². The number of likely N-dealkylation sites (N-methyl/N-ethyl adjacent to an activating group) is 1. The van der Waals surface area contributed by atoms with E-state index in [1.807, 2.05) is 6.92 Å². The Kier molecular flexibility index (Phi) is 5.72. The molecule has 0 aromatic carbocycles. The molecule has 0 spiro atoms. The lowest BCUT2D eigenvalue weighted by atomic mass is 10.2. The number of carbonyl (C=O) groups is 1. The highest BCUT2D eigenvalue weighted by atomic mass is 16.2. The van der Waals surface area contributed by atoms with Crippen LogP contribution in [-0.4, -0.2) is 21.9 Å². The number of carbonyl (C=O) groups excluding carboxylic acids is 1. The van der Waals surface area contributed by atoms with Crippen molar-refractivity contribution < 1.29 is 4.79 Å². The molecule has 106 valence electrons. The van der Waals surface area contributed by atoms with Crippen LogP contribution in [0.25, 0.3) is 0 Å². The second-order valence-electron chi connectivity index (χ2n) is 4.41. The topological polar surface area (TPSA) is 42.3 Å². The summed E-state index contributed by atoms with van der Waals surface area (Å²) in [6.45, 7) is 12.1. The van der Waals surface area contributed by atoms with E-state index in [9.17, 15) is 9.59 Å². The van der Waals surface area contributed by atoms with Crippen LogP contribution in [0.2, 0.25) is 0 Å². The van der Waals surface area contributed by atoms with Crippen molar-refractivity contribution in [3.8, 4) is 0 Å². The monoisotopic (exact) mass is 272 g/mol. The standard InChI is InChI=1S/C16H20N2O2/c1-5-18(15(4)19)14(3)10-9-13(2)12-17-11-7-6-8-16(17)20/h6-11H,2-3,5,12H2,1,4H3. The average Bonchev–Trinajstić information content (AvgIpc) is 2.39. The molecule has 0 aliphatic carbocycles. The Morgan fingerprint density at radius 3 is 2.60 bits per heavy atom. The van der Waals surface area contributed by atoms with Gasteiger partial charge in [0.25, 0.3) is 5.56 Å². The zero-order valence-electron chi connectivity index (χ0n) is 12.0. The lowest BCUT2D eigenvalue weighted by Crippen LogP contribution is -2.26. The molecule has 0 aliphatic heterocycles. The summed E-state index contributed by atoms with van der Waals surface area (Å²) in [6.07, 6.45) is 5.22. The van der Waals surface area contributed by atoms with Crippen molar-refractivity contribution in [2.24, 2.45) is 0 Å².